The zero-order valence-electron chi connectivity index (χ0n) is 12.3. The van der Waals surface area contributed by atoms with Crippen molar-refractivity contribution in [3.8, 4) is 0 Å². The molecule has 1 rings (SSSR count). The van der Waals surface area contributed by atoms with E-state index in [2.05, 4.69) is 31.3 Å². The maximum Gasteiger partial charge on any atom is 0.0587 e. The number of hydrogen-bond acceptors (Lipinski definition) is 2. The van der Waals surface area contributed by atoms with E-state index in [0.29, 0.717) is 5.41 Å². The molecule has 0 unspecified atom stereocenters. The Morgan fingerprint density at radius 1 is 1.11 bits per heavy atom. The molecule has 19 heavy (non-hydrogen) atoms. The van der Waals surface area contributed by atoms with E-state index in [-0.39, 0.29) is 0 Å². The number of methoxy groups -OCH3 is 1. The van der Waals surface area contributed by atoms with Gasteiger partial charge in [-0.05, 0) is 48.9 Å². The Balaban J connectivity index is 2.24. The topological polar surface area (TPSA) is 21.3 Å². The summed E-state index contributed by atoms with van der Waals surface area (Å²) in [7, 11) is 1.73. The van der Waals surface area contributed by atoms with Crippen molar-refractivity contribution in [3.63, 3.8) is 0 Å². The Kier molecular flexibility index (Phi) is 7.44. The van der Waals surface area contributed by atoms with Gasteiger partial charge in [0.2, 0.25) is 0 Å². The fourth-order valence-corrected chi connectivity index (χ4v) is 2.11. The average molecular weight is 284 g/mol. The summed E-state index contributed by atoms with van der Waals surface area (Å²) in [5.41, 5.74) is 1.73. The van der Waals surface area contributed by atoms with Gasteiger partial charge in [-0.25, -0.2) is 0 Å². The van der Waals surface area contributed by atoms with Crippen LogP contribution in [0.3, 0.4) is 0 Å². The maximum absolute atomic E-state index is 5.89. The molecule has 0 atom stereocenters. The molecule has 0 saturated carbocycles. The molecule has 0 aromatic heterocycles. The van der Waals surface area contributed by atoms with E-state index in [0.717, 1.165) is 31.1 Å². The number of ether oxygens (including phenoxy) is 1. The standard InChI is InChI=1S/C16H26ClNO/c1-16(2,10-11-18-12-13-19-3)9-8-14-4-6-15(17)7-5-14/h4-7,18H,8-13H2,1-3H3. The lowest BCUT2D eigenvalue weighted by Crippen LogP contribution is -2.25. The molecule has 108 valence electrons. The first-order valence-electron chi connectivity index (χ1n) is 6.98. The smallest absolute Gasteiger partial charge is 0.0587 e. The van der Waals surface area contributed by atoms with Crippen LogP contribution >= 0.6 is 11.6 Å². The first kappa shape index (κ1) is 16.5. The molecule has 0 fully saturated rings. The van der Waals surface area contributed by atoms with E-state index >= 15 is 0 Å². The number of nitrogens with one attached hydrogen (secondary N) is 1. The number of rotatable bonds is 9. The Bertz CT molecular complexity index is 348. The van der Waals surface area contributed by atoms with Gasteiger partial charge in [0.05, 0.1) is 6.61 Å². The highest BCUT2D eigenvalue weighted by molar-refractivity contribution is 6.30. The summed E-state index contributed by atoms with van der Waals surface area (Å²) in [6.07, 6.45) is 3.49. The van der Waals surface area contributed by atoms with Crippen molar-refractivity contribution in [2.45, 2.75) is 33.1 Å². The van der Waals surface area contributed by atoms with Crippen molar-refractivity contribution < 1.29 is 4.74 Å². The number of aryl methyl sites for hydroxylation is 1. The fraction of sp³-hybridized carbons (Fsp3) is 0.625. The third-order valence-electron chi connectivity index (χ3n) is 3.47. The maximum atomic E-state index is 5.89. The Morgan fingerprint density at radius 3 is 2.42 bits per heavy atom. The predicted octanol–water partition coefficient (Wildman–Crippen LogP) is 3.92. The number of hydrogen-bond donors (Lipinski definition) is 1. The normalized spacial score (nSPS) is 11.8. The van der Waals surface area contributed by atoms with E-state index in [4.69, 9.17) is 16.3 Å². The first-order valence-corrected chi connectivity index (χ1v) is 7.35. The van der Waals surface area contributed by atoms with E-state index in [1.54, 1.807) is 7.11 Å². The van der Waals surface area contributed by atoms with E-state index in [1.807, 2.05) is 12.1 Å². The van der Waals surface area contributed by atoms with Crippen LogP contribution in [0.5, 0.6) is 0 Å². The minimum atomic E-state index is 0.361. The molecule has 0 aliphatic heterocycles. The molecule has 0 aliphatic carbocycles. The number of benzene rings is 1. The summed E-state index contributed by atoms with van der Waals surface area (Å²) in [5.74, 6) is 0. The zero-order chi connectivity index (χ0) is 14.1. The lowest BCUT2D eigenvalue weighted by Gasteiger charge is -2.24. The molecule has 1 N–H and O–H groups in total. The Hall–Kier alpha value is -0.570. The van der Waals surface area contributed by atoms with Crippen LogP contribution in [-0.2, 0) is 11.2 Å². The quantitative estimate of drug-likeness (QED) is 0.694. The minimum Gasteiger partial charge on any atom is -0.383 e. The van der Waals surface area contributed by atoms with Crippen LogP contribution in [0.25, 0.3) is 0 Å². The van der Waals surface area contributed by atoms with Crippen LogP contribution in [-0.4, -0.2) is 26.8 Å². The van der Waals surface area contributed by atoms with Crippen molar-refractivity contribution in [1.29, 1.82) is 0 Å². The van der Waals surface area contributed by atoms with Crippen LogP contribution in [0, 0.1) is 5.41 Å². The van der Waals surface area contributed by atoms with Gasteiger partial charge in [-0.3, -0.25) is 0 Å². The molecule has 3 heteroatoms. The zero-order valence-corrected chi connectivity index (χ0v) is 13.1. The lowest BCUT2D eigenvalue weighted by molar-refractivity contribution is 0.197. The predicted molar refractivity (Wildman–Crippen MR) is 82.9 cm³/mol. The highest BCUT2D eigenvalue weighted by Crippen LogP contribution is 2.26. The molecular formula is C16H26ClNO. The third kappa shape index (κ3) is 7.56. The number of halogens is 1. The van der Waals surface area contributed by atoms with Gasteiger partial charge in [-0.2, -0.15) is 0 Å². The summed E-state index contributed by atoms with van der Waals surface area (Å²) in [5, 5.41) is 4.22. The van der Waals surface area contributed by atoms with Gasteiger partial charge in [0.25, 0.3) is 0 Å². The monoisotopic (exact) mass is 283 g/mol. The molecule has 0 heterocycles. The van der Waals surface area contributed by atoms with Gasteiger partial charge in [-0.1, -0.05) is 37.6 Å². The van der Waals surface area contributed by atoms with Crippen molar-refractivity contribution >= 4 is 11.6 Å². The molecule has 2 nitrogen and oxygen atoms in total. The molecule has 0 amide bonds. The highest BCUT2D eigenvalue weighted by atomic mass is 35.5. The molecule has 0 aliphatic rings. The molecule has 0 spiro atoms. The Labute approximate surface area is 122 Å². The second-order valence-corrected chi connectivity index (χ2v) is 6.22. The molecule has 1 aromatic carbocycles. The summed E-state index contributed by atoms with van der Waals surface area (Å²) in [6.45, 7) is 7.44. The molecule has 0 saturated heterocycles. The molecular weight excluding hydrogens is 258 g/mol. The van der Waals surface area contributed by atoms with Crippen molar-refractivity contribution in [2.75, 3.05) is 26.8 Å². The molecule has 0 radical (unpaired) electrons. The summed E-state index contributed by atoms with van der Waals surface area (Å²) in [4.78, 5) is 0. The van der Waals surface area contributed by atoms with Gasteiger partial charge in [-0.15, -0.1) is 0 Å². The van der Waals surface area contributed by atoms with Crippen LogP contribution in [0.1, 0.15) is 32.3 Å². The van der Waals surface area contributed by atoms with E-state index in [1.165, 1.54) is 18.4 Å². The highest BCUT2D eigenvalue weighted by Gasteiger charge is 2.16. The summed E-state index contributed by atoms with van der Waals surface area (Å²) in [6, 6.07) is 8.18. The van der Waals surface area contributed by atoms with Gasteiger partial charge >= 0.3 is 0 Å². The van der Waals surface area contributed by atoms with Crippen LogP contribution in [0.2, 0.25) is 5.02 Å². The van der Waals surface area contributed by atoms with Gasteiger partial charge < -0.3 is 10.1 Å². The second kappa shape index (κ2) is 8.57. The fourth-order valence-electron chi connectivity index (χ4n) is 1.98. The van der Waals surface area contributed by atoms with E-state index in [9.17, 15) is 0 Å². The summed E-state index contributed by atoms with van der Waals surface area (Å²) < 4.78 is 5.02. The van der Waals surface area contributed by atoms with Gasteiger partial charge in [0, 0.05) is 18.7 Å². The minimum absolute atomic E-state index is 0.361. The van der Waals surface area contributed by atoms with Gasteiger partial charge in [0.1, 0.15) is 0 Å². The largest absolute Gasteiger partial charge is 0.383 e. The van der Waals surface area contributed by atoms with Crippen LogP contribution in [0.15, 0.2) is 24.3 Å². The van der Waals surface area contributed by atoms with Crippen LogP contribution in [0.4, 0.5) is 0 Å². The molecule has 0 bridgehead atoms. The molecule has 1 aromatic rings. The second-order valence-electron chi connectivity index (χ2n) is 5.78. The third-order valence-corrected chi connectivity index (χ3v) is 3.72. The lowest BCUT2D eigenvalue weighted by atomic mass is 9.83. The van der Waals surface area contributed by atoms with Gasteiger partial charge in [0.15, 0.2) is 0 Å². The van der Waals surface area contributed by atoms with Crippen molar-refractivity contribution in [3.05, 3.63) is 34.9 Å². The first-order chi connectivity index (χ1) is 9.03. The Morgan fingerprint density at radius 2 is 1.79 bits per heavy atom. The average Bonchev–Trinajstić information content (AvgIpc) is 2.38. The van der Waals surface area contributed by atoms with E-state index < -0.39 is 0 Å². The SMILES string of the molecule is COCCNCCC(C)(C)CCc1ccc(Cl)cc1. The van der Waals surface area contributed by atoms with Crippen molar-refractivity contribution in [1.82, 2.24) is 5.32 Å². The summed E-state index contributed by atoms with van der Waals surface area (Å²) >= 11 is 5.89. The van der Waals surface area contributed by atoms with Crippen LogP contribution < -0.4 is 5.32 Å². The van der Waals surface area contributed by atoms with Crippen molar-refractivity contribution in [2.24, 2.45) is 5.41 Å².